The molecule has 4 nitrogen and oxygen atoms in total. The molecule has 0 bridgehead atoms. The minimum Gasteiger partial charge on any atom is -0.469 e. The van der Waals surface area contributed by atoms with Gasteiger partial charge in [0.15, 0.2) is 0 Å². The van der Waals surface area contributed by atoms with Gasteiger partial charge in [-0.25, -0.2) is 0 Å². The molecule has 0 saturated heterocycles. The first-order valence-corrected chi connectivity index (χ1v) is 4.57. The summed E-state index contributed by atoms with van der Waals surface area (Å²) in [6.45, 7) is 0. The molecule has 2 atom stereocenters. The first-order valence-electron chi connectivity index (χ1n) is 3.53. The van der Waals surface area contributed by atoms with Crippen LogP contribution < -0.4 is 0 Å². The largest absolute Gasteiger partial charge is 0.469 e. The average molecular weight is 224 g/mol. The van der Waals surface area contributed by atoms with Gasteiger partial charge in [0.05, 0.1) is 20.6 Å². The Morgan fingerprint density at radius 2 is 1.77 bits per heavy atom. The zero-order valence-electron chi connectivity index (χ0n) is 7.39. The number of hydrogen-bond donors (Lipinski definition) is 2. The maximum atomic E-state index is 10.9. The topological polar surface area (TPSA) is 52.6 Å². The van der Waals surface area contributed by atoms with Crippen molar-refractivity contribution >= 4 is 37.2 Å². The van der Waals surface area contributed by atoms with Gasteiger partial charge in [-0.3, -0.25) is 9.59 Å². The summed E-state index contributed by atoms with van der Waals surface area (Å²) in [7, 11) is 2.53. The van der Waals surface area contributed by atoms with Crippen molar-refractivity contribution in [3.63, 3.8) is 0 Å². The van der Waals surface area contributed by atoms with E-state index in [0.29, 0.717) is 0 Å². The van der Waals surface area contributed by atoms with Gasteiger partial charge in [0.25, 0.3) is 0 Å². The molecule has 0 spiro atoms. The van der Waals surface area contributed by atoms with E-state index in [4.69, 9.17) is 0 Å². The Hall–Kier alpha value is -0.360. The van der Waals surface area contributed by atoms with Gasteiger partial charge in [0, 0.05) is 5.25 Å². The minimum atomic E-state index is -0.715. The lowest BCUT2D eigenvalue weighted by molar-refractivity contribution is -0.141. The van der Waals surface area contributed by atoms with Crippen LogP contribution in [0.4, 0.5) is 0 Å². The summed E-state index contributed by atoms with van der Waals surface area (Å²) in [4.78, 5) is 21.7. The van der Waals surface area contributed by atoms with Crippen LogP contribution in [0.15, 0.2) is 0 Å². The number of carbonyl (C=O) groups is 2. The third-order valence-electron chi connectivity index (χ3n) is 1.41. The number of carbonyl (C=O) groups excluding carboxylic acids is 2. The molecule has 0 aromatic carbocycles. The zero-order valence-corrected chi connectivity index (χ0v) is 9.18. The first kappa shape index (κ1) is 12.6. The van der Waals surface area contributed by atoms with E-state index >= 15 is 0 Å². The van der Waals surface area contributed by atoms with Gasteiger partial charge in [0.2, 0.25) is 0 Å². The second-order valence-electron chi connectivity index (χ2n) is 2.32. The van der Waals surface area contributed by atoms with Crippen LogP contribution in [0.25, 0.3) is 0 Å². The summed E-state index contributed by atoms with van der Waals surface area (Å²) in [5, 5.41) is -1.21. The smallest absolute Gasteiger partial charge is 0.319 e. The number of rotatable bonds is 4. The van der Waals surface area contributed by atoms with Crippen LogP contribution in [-0.2, 0) is 19.1 Å². The second-order valence-corrected chi connectivity index (χ2v) is 3.54. The summed E-state index contributed by atoms with van der Waals surface area (Å²) in [5.41, 5.74) is 0. The van der Waals surface area contributed by atoms with Crippen molar-refractivity contribution in [2.24, 2.45) is 0 Å². The van der Waals surface area contributed by atoms with E-state index in [1.165, 1.54) is 14.2 Å². The fraction of sp³-hybridized carbons (Fsp3) is 0.714. The van der Waals surface area contributed by atoms with Gasteiger partial charge >= 0.3 is 11.9 Å². The predicted octanol–water partition coefficient (Wildman–Crippen LogP) is 0.319. The van der Waals surface area contributed by atoms with Crippen molar-refractivity contribution in [2.75, 3.05) is 14.2 Å². The van der Waals surface area contributed by atoms with E-state index in [1.807, 2.05) is 0 Å². The maximum absolute atomic E-state index is 10.9. The Kier molecular flexibility index (Phi) is 5.98. The normalized spacial score (nSPS) is 14.5. The predicted molar refractivity (Wildman–Crippen MR) is 54.2 cm³/mol. The van der Waals surface area contributed by atoms with Crippen molar-refractivity contribution in [1.82, 2.24) is 0 Å². The van der Waals surface area contributed by atoms with E-state index in [2.05, 4.69) is 34.7 Å². The van der Waals surface area contributed by atoms with Gasteiger partial charge in [-0.05, 0) is 0 Å². The molecule has 0 aromatic heterocycles. The molecule has 0 heterocycles. The van der Waals surface area contributed by atoms with Gasteiger partial charge in [-0.15, -0.1) is 0 Å². The van der Waals surface area contributed by atoms with Crippen molar-refractivity contribution < 1.29 is 19.1 Å². The Bertz CT molecular complexity index is 195. The lowest BCUT2D eigenvalue weighted by Crippen LogP contribution is -2.28. The van der Waals surface area contributed by atoms with Crippen molar-refractivity contribution in [3.8, 4) is 0 Å². The maximum Gasteiger partial charge on any atom is 0.319 e. The lowest BCUT2D eigenvalue weighted by Gasteiger charge is -2.14. The standard InChI is InChI=1S/C7H12O4S2/c1-10-5(8)3-4(12)6(13)7(9)11-2/h4,6,12-13H,3H2,1-2H3. The van der Waals surface area contributed by atoms with Crippen LogP contribution in [0.2, 0.25) is 0 Å². The molecule has 6 heteroatoms. The Balaban J connectivity index is 4.02. The molecule has 0 aromatic rings. The van der Waals surface area contributed by atoms with Gasteiger partial charge < -0.3 is 9.47 Å². The molecule has 0 aliphatic carbocycles. The Morgan fingerprint density at radius 1 is 1.23 bits per heavy atom. The fourth-order valence-corrected chi connectivity index (χ4v) is 1.13. The minimum absolute atomic E-state index is 0.0306. The van der Waals surface area contributed by atoms with E-state index in [-0.39, 0.29) is 6.42 Å². The van der Waals surface area contributed by atoms with Crippen molar-refractivity contribution in [2.45, 2.75) is 16.9 Å². The molecular weight excluding hydrogens is 212 g/mol. The zero-order chi connectivity index (χ0) is 10.4. The molecule has 0 aliphatic rings. The highest BCUT2D eigenvalue weighted by atomic mass is 32.1. The molecule has 13 heavy (non-hydrogen) atoms. The average Bonchev–Trinajstić information content (AvgIpc) is 2.14. The van der Waals surface area contributed by atoms with Crippen LogP contribution in [-0.4, -0.2) is 36.7 Å². The van der Waals surface area contributed by atoms with E-state index in [0.717, 1.165) is 0 Å². The highest BCUT2D eigenvalue weighted by Gasteiger charge is 2.25. The monoisotopic (exact) mass is 224 g/mol. The number of esters is 2. The lowest BCUT2D eigenvalue weighted by atomic mass is 10.2. The number of hydrogen-bond acceptors (Lipinski definition) is 6. The molecular formula is C7H12O4S2. The molecule has 0 amide bonds. The molecule has 2 unspecified atom stereocenters. The highest BCUT2D eigenvalue weighted by molar-refractivity contribution is 7.85. The summed E-state index contributed by atoms with van der Waals surface area (Å²) in [6, 6.07) is 0. The van der Waals surface area contributed by atoms with Crippen LogP contribution in [0.5, 0.6) is 0 Å². The molecule has 0 radical (unpaired) electrons. The Labute approximate surface area is 87.8 Å². The van der Waals surface area contributed by atoms with Crippen LogP contribution >= 0.6 is 25.3 Å². The highest BCUT2D eigenvalue weighted by Crippen LogP contribution is 2.14. The van der Waals surface area contributed by atoms with Gasteiger partial charge in [-0.2, -0.15) is 25.3 Å². The summed E-state index contributed by atoms with van der Waals surface area (Å²) in [5.74, 6) is -0.935. The Morgan fingerprint density at radius 3 is 2.15 bits per heavy atom. The number of methoxy groups -OCH3 is 2. The van der Waals surface area contributed by atoms with Crippen molar-refractivity contribution in [1.29, 1.82) is 0 Å². The molecule has 0 rings (SSSR count). The van der Waals surface area contributed by atoms with Crippen LogP contribution in [0.3, 0.4) is 0 Å². The summed E-state index contributed by atoms with van der Waals surface area (Å²) < 4.78 is 8.84. The number of ether oxygens (including phenoxy) is 2. The summed E-state index contributed by atoms with van der Waals surface area (Å²) >= 11 is 7.99. The SMILES string of the molecule is COC(=O)CC(S)C(S)C(=O)OC. The van der Waals surface area contributed by atoms with Crippen LogP contribution in [0, 0.1) is 0 Å². The quantitative estimate of drug-likeness (QED) is 0.533. The molecule has 0 saturated carbocycles. The van der Waals surface area contributed by atoms with Gasteiger partial charge in [0.1, 0.15) is 5.25 Å². The second kappa shape index (κ2) is 6.15. The first-order chi connectivity index (χ1) is 6.02. The van der Waals surface area contributed by atoms with E-state index < -0.39 is 22.4 Å². The molecule has 76 valence electrons. The van der Waals surface area contributed by atoms with E-state index in [1.54, 1.807) is 0 Å². The third-order valence-corrected chi connectivity index (χ3v) is 2.70. The molecule has 0 fully saturated rings. The molecule has 0 aliphatic heterocycles. The fourth-order valence-electron chi connectivity index (χ4n) is 0.644. The van der Waals surface area contributed by atoms with Crippen LogP contribution in [0.1, 0.15) is 6.42 Å². The summed E-state index contributed by atoms with van der Waals surface area (Å²) in [6.07, 6.45) is 0.0306. The van der Waals surface area contributed by atoms with Gasteiger partial charge in [-0.1, -0.05) is 0 Å². The number of thiol groups is 2. The third kappa shape index (κ3) is 4.42. The molecule has 0 N–H and O–H groups in total. The van der Waals surface area contributed by atoms with E-state index in [9.17, 15) is 9.59 Å². The van der Waals surface area contributed by atoms with Crippen molar-refractivity contribution in [3.05, 3.63) is 0 Å².